The van der Waals surface area contributed by atoms with Gasteiger partial charge in [-0.15, -0.1) is 0 Å². The highest BCUT2D eigenvalue weighted by molar-refractivity contribution is 5.94. The Bertz CT molecular complexity index is 428. The van der Waals surface area contributed by atoms with Gasteiger partial charge in [-0.05, 0) is 24.1 Å². The van der Waals surface area contributed by atoms with E-state index in [0.717, 1.165) is 0 Å². The van der Waals surface area contributed by atoms with Gasteiger partial charge in [0.1, 0.15) is 5.75 Å². The molecule has 0 unspecified atom stereocenters. The lowest BCUT2D eigenvalue weighted by molar-refractivity contribution is -0.115. The number of carbonyl (C=O) groups is 1. The third kappa shape index (κ3) is 3.73. The number of para-hydroxylation sites is 1. The molecule has 1 fully saturated rings. The second kappa shape index (κ2) is 6.39. The number of carbonyl (C=O) groups excluding carboxylic acids is 1. The topological polar surface area (TPSA) is 37.3 Å². The monoisotopic (exact) mass is 244 g/mol. The molecule has 0 heterocycles. The first-order valence-corrected chi connectivity index (χ1v) is 6.74. The first-order chi connectivity index (χ1) is 8.75. The third-order valence-electron chi connectivity index (χ3n) is 3.60. The number of rotatable bonds is 4. The van der Waals surface area contributed by atoms with Gasteiger partial charge < -0.3 is 5.11 Å². The maximum absolute atomic E-state index is 11.8. The van der Waals surface area contributed by atoms with E-state index in [1.54, 1.807) is 30.4 Å². The van der Waals surface area contributed by atoms with Gasteiger partial charge in [-0.1, -0.05) is 50.3 Å². The number of benzene rings is 1. The molecule has 1 aliphatic rings. The van der Waals surface area contributed by atoms with Gasteiger partial charge in [-0.2, -0.15) is 0 Å². The molecule has 2 rings (SSSR count). The summed E-state index contributed by atoms with van der Waals surface area (Å²) in [6.45, 7) is 0. The van der Waals surface area contributed by atoms with Crippen molar-refractivity contribution in [3.05, 3.63) is 35.9 Å². The first-order valence-electron chi connectivity index (χ1n) is 6.74. The number of allylic oxidation sites excluding steroid dienone is 1. The van der Waals surface area contributed by atoms with Crippen molar-refractivity contribution in [3.8, 4) is 5.75 Å². The lowest BCUT2D eigenvalue weighted by Gasteiger charge is -2.19. The van der Waals surface area contributed by atoms with E-state index in [4.69, 9.17) is 0 Å². The number of aromatic hydroxyl groups is 1. The lowest BCUT2D eigenvalue weighted by Crippen LogP contribution is -2.10. The highest BCUT2D eigenvalue weighted by atomic mass is 16.3. The van der Waals surface area contributed by atoms with E-state index in [9.17, 15) is 9.90 Å². The van der Waals surface area contributed by atoms with Crippen molar-refractivity contribution in [1.82, 2.24) is 0 Å². The zero-order valence-corrected chi connectivity index (χ0v) is 10.6. The van der Waals surface area contributed by atoms with Crippen LogP contribution in [-0.4, -0.2) is 10.9 Å². The van der Waals surface area contributed by atoms with Gasteiger partial charge in [0, 0.05) is 12.0 Å². The summed E-state index contributed by atoms with van der Waals surface area (Å²) in [6.07, 6.45) is 10.2. The number of hydrogen-bond acceptors (Lipinski definition) is 2. The van der Waals surface area contributed by atoms with Crippen molar-refractivity contribution in [3.63, 3.8) is 0 Å². The van der Waals surface area contributed by atoms with Crippen LogP contribution in [0.2, 0.25) is 0 Å². The molecule has 1 aliphatic carbocycles. The van der Waals surface area contributed by atoms with Crippen LogP contribution in [-0.2, 0) is 4.79 Å². The van der Waals surface area contributed by atoms with Gasteiger partial charge in [0.2, 0.25) is 0 Å². The Labute approximate surface area is 108 Å². The van der Waals surface area contributed by atoms with E-state index >= 15 is 0 Å². The normalized spacial score (nSPS) is 17.1. The van der Waals surface area contributed by atoms with Crippen LogP contribution in [0.5, 0.6) is 5.75 Å². The van der Waals surface area contributed by atoms with Crippen LogP contribution in [0.4, 0.5) is 0 Å². The van der Waals surface area contributed by atoms with E-state index in [1.807, 2.05) is 6.07 Å². The predicted octanol–water partition coefficient (Wildman–Crippen LogP) is 3.94. The van der Waals surface area contributed by atoms with Crippen molar-refractivity contribution < 1.29 is 9.90 Å². The molecule has 96 valence electrons. The summed E-state index contributed by atoms with van der Waals surface area (Å²) in [5, 5.41) is 9.58. The van der Waals surface area contributed by atoms with Crippen molar-refractivity contribution in [2.45, 2.75) is 38.5 Å². The predicted molar refractivity (Wildman–Crippen MR) is 73.3 cm³/mol. The first kappa shape index (κ1) is 12.9. The molecular formula is C16H20O2. The molecule has 2 heteroatoms. The average molecular weight is 244 g/mol. The van der Waals surface area contributed by atoms with Crippen molar-refractivity contribution in [1.29, 1.82) is 0 Å². The molecule has 0 spiro atoms. The minimum atomic E-state index is 0.171. The van der Waals surface area contributed by atoms with Crippen LogP contribution < -0.4 is 0 Å². The van der Waals surface area contributed by atoms with E-state index in [0.29, 0.717) is 17.9 Å². The maximum atomic E-state index is 11.8. The van der Waals surface area contributed by atoms with Crippen LogP contribution >= 0.6 is 0 Å². The summed E-state index contributed by atoms with van der Waals surface area (Å²) in [7, 11) is 0. The van der Waals surface area contributed by atoms with Crippen molar-refractivity contribution in [2.24, 2.45) is 5.92 Å². The second-order valence-corrected chi connectivity index (χ2v) is 5.07. The fourth-order valence-corrected chi connectivity index (χ4v) is 2.56. The molecule has 0 atom stereocenters. The van der Waals surface area contributed by atoms with Gasteiger partial charge in [-0.3, -0.25) is 4.79 Å². The van der Waals surface area contributed by atoms with Gasteiger partial charge >= 0.3 is 0 Å². The third-order valence-corrected chi connectivity index (χ3v) is 3.60. The molecule has 1 aromatic carbocycles. The molecule has 0 aromatic heterocycles. The van der Waals surface area contributed by atoms with E-state index in [2.05, 4.69) is 0 Å². The molecule has 1 aromatic rings. The number of hydrogen-bond donors (Lipinski definition) is 1. The van der Waals surface area contributed by atoms with Crippen LogP contribution in [0.3, 0.4) is 0 Å². The maximum Gasteiger partial charge on any atom is 0.155 e. The number of phenols is 1. The van der Waals surface area contributed by atoms with Crippen molar-refractivity contribution >= 4 is 11.9 Å². The van der Waals surface area contributed by atoms with Crippen LogP contribution in [0.25, 0.3) is 6.08 Å². The number of phenolic OH excluding ortho intramolecular Hbond substituents is 1. The standard InChI is InChI=1S/C16H20O2/c17-15(12-13-6-2-1-3-7-13)11-10-14-8-4-5-9-16(14)18/h4-5,8-11,13,18H,1-3,6-7,12H2/b11-10+. The minimum Gasteiger partial charge on any atom is -0.507 e. The molecule has 2 nitrogen and oxygen atoms in total. The van der Waals surface area contributed by atoms with Crippen LogP contribution in [0, 0.1) is 5.92 Å². The Morgan fingerprint density at radius 1 is 1.22 bits per heavy atom. The van der Waals surface area contributed by atoms with Gasteiger partial charge in [-0.25, -0.2) is 0 Å². The van der Waals surface area contributed by atoms with E-state index in [-0.39, 0.29) is 11.5 Å². The Kier molecular flexibility index (Phi) is 4.57. The van der Waals surface area contributed by atoms with E-state index < -0.39 is 0 Å². The summed E-state index contributed by atoms with van der Waals surface area (Å²) in [5.41, 5.74) is 0.703. The molecule has 1 N–H and O–H groups in total. The fourth-order valence-electron chi connectivity index (χ4n) is 2.56. The van der Waals surface area contributed by atoms with E-state index in [1.165, 1.54) is 32.1 Å². The van der Waals surface area contributed by atoms with Crippen molar-refractivity contribution in [2.75, 3.05) is 0 Å². The molecule has 0 bridgehead atoms. The highest BCUT2D eigenvalue weighted by Crippen LogP contribution is 2.26. The SMILES string of the molecule is O=C(/C=C/c1ccccc1O)CC1CCCCC1. The van der Waals surface area contributed by atoms with Gasteiger partial charge in [0.05, 0.1) is 0 Å². The zero-order valence-electron chi connectivity index (χ0n) is 10.6. The Morgan fingerprint density at radius 3 is 2.67 bits per heavy atom. The summed E-state index contributed by atoms with van der Waals surface area (Å²) >= 11 is 0. The largest absolute Gasteiger partial charge is 0.507 e. The molecule has 0 radical (unpaired) electrons. The second-order valence-electron chi connectivity index (χ2n) is 5.07. The van der Waals surface area contributed by atoms with Crippen LogP contribution in [0.1, 0.15) is 44.1 Å². The quantitative estimate of drug-likeness (QED) is 0.814. The van der Waals surface area contributed by atoms with Crippen LogP contribution in [0.15, 0.2) is 30.3 Å². The fraction of sp³-hybridized carbons (Fsp3) is 0.438. The Morgan fingerprint density at radius 2 is 1.94 bits per heavy atom. The molecule has 0 saturated heterocycles. The molecule has 0 amide bonds. The lowest BCUT2D eigenvalue weighted by atomic mass is 9.86. The Balaban J connectivity index is 1.88. The smallest absolute Gasteiger partial charge is 0.155 e. The van der Waals surface area contributed by atoms with Gasteiger partial charge in [0.15, 0.2) is 5.78 Å². The minimum absolute atomic E-state index is 0.171. The molecule has 0 aliphatic heterocycles. The number of ketones is 1. The molecule has 1 saturated carbocycles. The Hall–Kier alpha value is -1.57. The summed E-state index contributed by atoms with van der Waals surface area (Å²) in [5.74, 6) is 0.963. The zero-order chi connectivity index (χ0) is 12.8. The molecule has 18 heavy (non-hydrogen) atoms. The summed E-state index contributed by atoms with van der Waals surface area (Å²) < 4.78 is 0. The highest BCUT2D eigenvalue weighted by Gasteiger charge is 2.15. The summed E-state index contributed by atoms with van der Waals surface area (Å²) in [4.78, 5) is 11.8. The van der Waals surface area contributed by atoms with Gasteiger partial charge in [0.25, 0.3) is 0 Å². The molecular weight excluding hydrogens is 224 g/mol. The average Bonchev–Trinajstić information content (AvgIpc) is 2.39. The summed E-state index contributed by atoms with van der Waals surface area (Å²) in [6, 6.07) is 7.06.